The second-order valence-corrected chi connectivity index (χ2v) is 31.9. The molecule has 0 bridgehead atoms. The number of piperidine rings is 1. The molecule has 0 aliphatic carbocycles. The molecular formula is C96H114ClN17O6. The number of imidazole rings is 1. The van der Waals surface area contributed by atoms with Gasteiger partial charge in [0.2, 0.25) is 0 Å². The number of nitrogens with zero attached hydrogens (tertiary/aromatic N) is 14. The van der Waals surface area contributed by atoms with E-state index in [0.29, 0.717) is 30.8 Å². The van der Waals surface area contributed by atoms with E-state index in [9.17, 15) is 0 Å². The molecule has 5 aliphatic heterocycles. The molecule has 0 radical (unpaired) electrons. The number of nitrogens with one attached hydrogen (secondary N) is 3. The van der Waals surface area contributed by atoms with Gasteiger partial charge in [-0.2, -0.15) is 10.2 Å². The molecule has 24 heteroatoms. The Morgan fingerprint density at radius 3 is 1.81 bits per heavy atom. The first-order valence-corrected chi connectivity index (χ1v) is 43.0. The number of hydrogen-bond donors (Lipinski definition) is 3. The maximum Gasteiger partial charge on any atom is 0.162 e. The molecule has 4 saturated heterocycles. The van der Waals surface area contributed by atoms with Crippen molar-refractivity contribution in [1.29, 1.82) is 0 Å². The zero-order valence-electron chi connectivity index (χ0n) is 69.8. The molecule has 5 aliphatic rings. The molecule has 4 fully saturated rings. The van der Waals surface area contributed by atoms with Gasteiger partial charge in [-0.1, -0.05) is 121 Å². The van der Waals surface area contributed by atoms with Crippen molar-refractivity contribution >= 4 is 39.3 Å². The minimum absolute atomic E-state index is 0.579. The van der Waals surface area contributed by atoms with Gasteiger partial charge in [0.15, 0.2) is 34.6 Å². The van der Waals surface area contributed by atoms with Gasteiger partial charge in [0.1, 0.15) is 30.3 Å². The fourth-order valence-corrected chi connectivity index (χ4v) is 16.1. The number of morpholine rings is 1. The number of fused-ring (bicyclic) bond motifs is 3. The van der Waals surface area contributed by atoms with Crippen LogP contribution in [0.2, 0.25) is 5.02 Å². The van der Waals surface area contributed by atoms with Crippen LogP contribution in [0.15, 0.2) is 236 Å². The highest BCUT2D eigenvalue weighted by Gasteiger charge is 2.26. The predicted molar refractivity (Wildman–Crippen MR) is 480 cm³/mol. The second-order valence-electron chi connectivity index (χ2n) is 31.4. The molecule has 23 nitrogen and oxygen atoms in total. The quantitative estimate of drug-likeness (QED) is 0.0374. The minimum Gasteiger partial charge on any atom is -0.493 e. The van der Waals surface area contributed by atoms with Crippen molar-refractivity contribution in [3.63, 3.8) is 0 Å². The zero-order valence-corrected chi connectivity index (χ0v) is 70.6. The van der Waals surface area contributed by atoms with Gasteiger partial charge in [-0.05, 0) is 201 Å². The predicted octanol–water partition coefficient (Wildman–Crippen LogP) is 15.3. The summed E-state index contributed by atoms with van der Waals surface area (Å²) in [4.78, 5) is 28.8. The van der Waals surface area contributed by atoms with Gasteiger partial charge in [0.25, 0.3) is 0 Å². The van der Waals surface area contributed by atoms with Crippen LogP contribution in [-0.4, -0.2) is 229 Å². The van der Waals surface area contributed by atoms with Crippen molar-refractivity contribution < 1.29 is 28.1 Å². The SMILES string of the molecule is CN(C)CCCNCc1cn(-c2ccccc2)nc1-c1ccc2c(c1)OCCO2.COc1cc2nc(-c3ccccc3)nc(N3CCN(CCN4CCCC4)CC3)c2cc1OC.Clc1ccc(CN2CCC(NCc3ccc(-n4ccnc4)cc3)CC2)cc1.c1ccc(-n2cc(CNCCCN3CCOCC3)c(-c3cc4ccccc4o3)n2)cc1. The molecule has 3 N–H and O–H groups in total. The average Bonchev–Trinajstić information content (AvgIpc) is 0.959. The van der Waals surface area contributed by atoms with Crippen LogP contribution in [0.1, 0.15) is 60.8 Å². The van der Waals surface area contributed by atoms with E-state index < -0.39 is 0 Å². The number of likely N-dealkylation sites (tertiary alicyclic amines) is 2. The standard InChI is InChI=1S/C26H33N5O2.C25H28N4O2.C23H28N4O2.C22H25ClN4/c1-32-23-18-21-22(19-24(23)33-2)27-25(20-8-4-3-5-9-20)28-26(21)31-16-14-30(15-17-31)13-12-29-10-6-7-11-29;1-2-8-22(9-3-1)29-19-21(18-26-11-6-12-28-13-15-30-16-14-28)25(27-29)24-17-20-7-4-5-10-23(20)31-24;1-26(2)12-6-11-24-16-19-17-27(20-7-4-3-5-8-20)25-23(19)18-9-10-21-22(15-18)29-14-13-28-21;23-20-5-1-19(2-6-20)16-26-12-9-21(10-13-26)25-15-18-3-7-22(8-4-18)27-14-11-24-17-27/h3-5,8-9,18-19H,6-7,10-17H2,1-2H3;1-5,7-10,17,19,26H,6,11-16,18H2;3-5,7-10,15,17,24H,6,11-14,16H2,1-2H3;1-8,11,14,17,21,25H,9-10,12-13,15-16H2. The van der Waals surface area contributed by atoms with Crippen molar-refractivity contribution in [1.82, 2.24) is 79.5 Å². The van der Waals surface area contributed by atoms with Crippen molar-refractivity contribution in [2.45, 2.75) is 70.7 Å². The molecule has 0 atom stereocenters. The number of rotatable bonds is 29. The Bertz CT molecular complexity index is 5220. The van der Waals surface area contributed by atoms with Gasteiger partial charge < -0.3 is 63.3 Å². The van der Waals surface area contributed by atoms with Crippen molar-refractivity contribution in [3.05, 3.63) is 259 Å². The third kappa shape index (κ3) is 23.2. The molecule has 0 spiro atoms. The molecule has 5 aromatic heterocycles. The first-order chi connectivity index (χ1) is 59.1. The number of halogens is 1. The molecule has 10 heterocycles. The molecule has 0 saturated carbocycles. The normalized spacial score (nSPS) is 15.4. The maximum absolute atomic E-state index is 6.13. The molecule has 18 rings (SSSR count). The molecule has 8 aromatic carbocycles. The molecule has 13 aromatic rings. The van der Waals surface area contributed by atoms with Crippen LogP contribution in [0.3, 0.4) is 0 Å². The van der Waals surface area contributed by atoms with Crippen LogP contribution < -0.4 is 39.8 Å². The number of ether oxygens (including phenoxy) is 5. The number of anilines is 1. The lowest BCUT2D eigenvalue weighted by atomic mass is 10.0. The van der Waals surface area contributed by atoms with Crippen LogP contribution in [0.5, 0.6) is 23.0 Å². The Balaban J connectivity index is 0.000000125. The lowest BCUT2D eigenvalue weighted by Gasteiger charge is -2.36. The van der Waals surface area contributed by atoms with E-state index in [0.717, 1.165) is 244 Å². The number of methoxy groups -OCH3 is 2. The highest BCUT2D eigenvalue weighted by atomic mass is 35.5. The van der Waals surface area contributed by atoms with Gasteiger partial charge in [-0.3, -0.25) is 14.7 Å². The molecule has 0 unspecified atom stereocenters. The third-order valence-corrected chi connectivity index (χ3v) is 22.9. The van der Waals surface area contributed by atoms with Gasteiger partial charge >= 0.3 is 0 Å². The summed E-state index contributed by atoms with van der Waals surface area (Å²) in [5.41, 5.74) is 13.8. The second kappa shape index (κ2) is 42.9. The summed E-state index contributed by atoms with van der Waals surface area (Å²) in [5.74, 6) is 5.48. The fourth-order valence-electron chi connectivity index (χ4n) is 15.9. The summed E-state index contributed by atoms with van der Waals surface area (Å²) in [5, 5.41) is 23.6. The van der Waals surface area contributed by atoms with Crippen LogP contribution in [-0.2, 0) is 30.9 Å². The largest absolute Gasteiger partial charge is 0.493 e. The summed E-state index contributed by atoms with van der Waals surface area (Å²) in [7, 11) is 7.53. The summed E-state index contributed by atoms with van der Waals surface area (Å²) in [6.45, 7) is 23.7. The van der Waals surface area contributed by atoms with E-state index in [1.165, 1.54) is 56.4 Å². The number of furan rings is 1. The van der Waals surface area contributed by atoms with E-state index in [4.69, 9.17) is 59.9 Å². The van der Waals surface area contributed by atoms with Crippen LogP contribution in [0.4, 0.5) is 5.82 Å². The Labute approximate surface area is 710 Å². The van der Waals surface area contributed by atoms with Crippen LogP contribution >= 0.6 is 11.6 Å². The zero-order chi connectivity index (χ0) is 82.0. The molecule has 120 heavy (non-hydrogen) atoms. The number of aromatic nitrogens is 8. The van der Waals surface area contributed by atoms with E-state index in [2.05, 4.69) is 168 Å². The summed E-state index contributed by atoms with van der Waals surface area (Å²) in [6.07, 6.45) is 17.1. The summed E-state index contributed by atoms with van der Waals surface area (Å²) < 4.78 is 40.0. The molecular weight excluding hydrogens is 1520 g/mol. The Morgan fingerprint density at radius 2 is 1.14 bits per heavy atom. The van der Waals surface area contributed by atoms with Gasteiger partial charge in [0, 0.05) is 159 Å². The minimum atomic E-state index is 0.579. The van der Waals surface area contributed by atoms with Gasteiger partial charge in [-0.25, -0.2) is 24.3 Å². The van der Waals surface area contributed by atoms with Crippen molar-refractivity contribution in [2.75, 3.05) is 164 Å². The highest BCUT2D eigenvalue weighted by molar-refractivity contribution is 6.30. The number of hydrogen-bond acceptors (Lipinski definition) is 20. The number of benzene rings is 8. The topological polar surface area (TPSA) is 194 Å². The van der Waals surface area contributed by atoms with E-state index in [-0.39, 0.29) is 0 Å². The van der Waals surface area contributed by atoms with Gasteiger partial charge in [0.05, 0.1) is 56.3 Å². The van der Waals surface area contributed by atoms with Gasteiger partial charge in [-0.15, -0.1) is 0 Å². The summed E-state index contributed by atoms with van der Waals surface area (Å²) in [6, 6.07) is 68.3. The lowest BCUT2D eigenvalue weighted by Crippen LogP contribution is -2.48. The molecule has 626 valence electrons. The van der Waals surface area contributed by atoms with Crippen molar-refractivity contribution in [2.24, 2.45) is 0 Å². The van der Waals surface area contributed by atoms with E-state index in [1.54, 1.807) is 20.4 Å². The maximum atomic E-state index is 6.13. The monoisotopic (exact) mass is 1640 g/mol. The first-order valence-electron chi connectivity index (χ1n) is 42.6. The smallest absolute Gasteiger partial charge is 0.162 e. The van der Waals surface area contributed by atoms with Crippen molar-refractivity contribution in [3.8, 4) is 74.2 Å². The Hall–Kier alpha value is -10.8. The Kier molecular flexibility index (Phi) is 30.1. The van der Waals surface area contributed by atoms with E-state index in [1.807, 2.05) is 136 Å². The first kappa shape index (κ1) is 84.2. The van der Waals surface area contributed by atoms with Crippen LogP contribution in [0, 0.1) is 0 Å². The number of para-hydroxylation sites is 3. The highest BCUT2D eigenvalue weighted by Crippen LogP contribution is 2.39. The van der Waals surface area contributed by atoms with Crippen LogP contribution in [0.25, 0.3) is 73.0 Å². The fraction of sp³-hybridized carbons (Fsp3) is 0.365. The molecule has 0 amide bonds. The lowest BCUT2D eigenvalue weighted by molar-refractivity contribution is 0.0374. The number of piperazine rings is 1. The summed E-state index contributed by atoms with van der Waals surface area (Å²) >= 11 is 5.97. The third-order valence-electron chi connectivity index (χ3n) is 22.7. The average molecular weight is 1640 g/mol. The Morgan fingerprint density at radius 1 is 0.525 bits per heavy atom. The van der Waals surface area contributed by atoms with E-state index >= 15 is 0 Å².